The van der Waals surface area contributed by atoms with Gasteiger partial charge in [0.1, 0.15) is 11.2 Å². The minimum Gasteiger partial charge on any atom is -0.379 e. The van der Waals surface area contributed by atoms with Crippen molar-refractivity contribution < 1.29 is 14.3 Å². The van der Waals surface area contributed by atoms with E-state index in [1.807, 2.05) is 31.7 Å². The SMILES string of the molecule is CCc1cc2c(cc3n2C[C@@](C)(C(=O)NC2CCCCCC2)N(CCCOC(C)C)C3=O)s1. The summed E-state index contributed by atoms with van der Waals surface area (Å²) in [6.45, 7) is 9.71. The first-order valence-corrected chi connectivity index (χ1v) is 13.5. The number of fused-ring (bicyclic) bond motifs is 3. The van der Waals surface area contributed by atoms with Crippen molar-refractivity contribution in [3.63, 3.8) is 0 Å². The largest absolute Gasteiger partial charge is 0.379 e. The van der Waals surface area contributed by atoms with Crippen LogP contribution in [-0.2, 0) is 22.5 Å². The van der Waals surface area contributed by atoms with E-state index in [9.17, 15) is 9.59 Å². The summed E-state index contributed by atoms with van der Waals surface area (Å²) in [6.07, 6.45) is 8.71. The maximum Gasteiger partial charge on any atom is 0.271 e. The van der Waals surface area contributed by atoms with Crippen molar-refractivity contribution >= 4 is 33.4 Å². The average Bonchev–Trinajstić information content (AvgIpc) is 3.22. The van der Waals surface area contributed by atoms with E-state index >= 15 is 0 Å². The normalized spacial score (nSPS) is 22.1. The number of aryl methyl sites for hydroxylation is 1. The van der Waals surface area contributed by atoms with Gasteiger partial charge in [0.05, 0.1) is 22.9 Å². The molecule has 0 aromatic carbocycles. The van der Waals surface area contributed by atoms with Crippen molar-refractivity contribution in [2.24, 2.45) is 0 Å². The van der Waals surface area contributed by atoms with E-state index in [0.717, 1.165) is 42.3 Å². The summed E-state index contributed by atoms with van der Waals surface area (Å²) in [4.78, 5) is 30.6. The summed E-state index contributed by atoms with van der Waals surface area (Å²) >= 11 is 1.75. The summed E-state index contributed by atoms with van der Waals surface area (Å²) in [5, 5.41) is 3.34. The van der Waals surface area contributed by atoms with Crippen LogP contribution in [0.3, 0.4) is 0 Å². The van der Waals surface area contributed by atoms with Crippen LogP contribution in [0.1, 0.15) is 88.0 Å². The van der Waals surface area contributed by atoms with Crippen LogP contribution in [0, 0.1) is 0 Å². The van der Waals surface area contributed by atoms with Gasteiger partial charge in [0.15, 0.2) is 0 Å². The fraction of sp³-hybridized carbons (Fsp3) is 0.692. The molecule has 2 aromatic rings. The fourth-order valence-corrected chi connectivity index (χ4v) is 6.26. The molecule has 1 aliphatic heterocycles. The third-order valence-corrected chi connectivity index (χ3v) is 8.39. The first kappa shape index (κ1) is 24.3. The van der Waals surface area contributed by atoms with Crippen LogP contribution in [0.4, 0.5) is 0 Å². The number of rotatable bonds is 8. The molecular formula is C26H39N3O3S. The number of amides is 2. The third-order valence-electron chi connectivity index (χ3n) is 7.17. The molecule has 0 radical (unpaired) electrons. The Labute approximate surface area is 201 Å². The second-order valence-electron chi connectivity index (χ2n) is 10.1. The molecule has 1 aliphatic carbocycles. The molecule has 0 bridgehead atoms. The lowest BCUT2D eigenvalue weighted by Crippen LogP contribution is -2.65. The number of nitrogens with zero attached hydrogens (tertiary/aromatic N) is 2. The molecule has 1 atom stereocenters. The molecule has 33 heavy (non-hydrogen) atoms. The number of ether oxygens (including phenoxy) is 1. The van der Waals surface area contributed by atoms with Gasteiger partial charge in [-0.15, -0.1) is 11.3 Å². The van der Waals surface area contributed by atoms with E-state index in [-0.39, 0.29) is 24.0 Å². The van der Waals surface area contributed by atoms with E-state index in [2.05, 4.69) is 22.9 Å². The lowest BCUT2D eigenvalue weighted by atomic mass is 9.93. The van der Waals surface area contributed by atoms with E-state index < -0.39 is 5.54 Å². The Balaban J connectivity index is 1.62. The van der Waals surface area contributed by atoms with Gasteiger partial charge in [-0.25, -0.2) is 0 Å². The van der Waals surface area contributed by atoms with Gasteiger partial charge >= 0.3 is 0 Å². The topological polar surface area (TPSA) is 63.6 Å². The standard InChI is InChI=1S/C26H39N3O3S/c1-5-20-15-21-23(33-20)16-22-24(30)29(13-10-14-32-18(2)3)26(4,17-28(21)22)25(31)27-19-11-8-6-7-9-12-19/h15-16,18-19H,5-14,17H2,1-4H3,(H,27,31)/t26-/m0/s1. The van der Waals surface area contributed by atoms with Crippen molar-refractivity contribution in [1.29, 1.82) is 0 Å². The summed E-state index contributed by atoms with van der Waals surface area (Å²) in [7, 11) is 0. The first-order valence-electron chi connectivity index (χ1n) is 12.7. The monoisotopic (exact) mass is 473 g/mol. The van der Waals surface area contributed by atoms with Gasteiger partial charge in [-0.05, 0) is 58.6 Å². The highest BCUT2D eigenvalue weighted by Crippen LogP contribution is 2.36. The number of aromatic nitrogens is 1. The highest BCUT2D eigenvalue weighted by Gasteiger charge is 2.48. The maximum absolute atomic E-state index is 13.8. The predicted octanol–water partition coefficient (Wildman–Crippen LogP) is 5.13. The van der Waals surface area contributed by atoms with Gasteiger partial charge in [-0.3, -0.25) is 9.59 Å². The van der Waals surface area contributed by atoms with Gasteiger partial charge in [0.2, 0.25) is 5.91 Å². The first-order chi connectivity index (χ1) is 15.8. The van der Waals surface area contributed by atoms with Crippen LogP contribution in [-0.4, -0.2) is 52.1 Å². The summed E-state index contributed by atoms with van der Waals surface area (Å²) < 4.78 is 8.94. The minimum atomic E-state index is -0.922. The van der Waals surface area contributed by atoms with Crippen molar-refractivity contribution in [2.75, 3.05) is 13.2 Å². The number of carbonyl (C=O) groups is 2. The number of hydrogen-bond acceptors (Lipinski definition) is 4. The molecule has 0 saturated heterocycles. The van der Waals surface area contributed by atoms with Crippen molar-refractivity contribution in [1.82, 2.24) is 14.8 Å². The zero-order chi connectivity index (χ0) is 23.6. The zero-order valence-corrected chi connectivity index (χ0v) is 21.4. The Morgan fingerprint density at radius 3 is 2.64 bits per heavy atom. The molecule has 4 rings (SSSR count). The van der Waals surface area contributed by atoms with Crippen LogP contribution in [0.5, 0.6) is 0 Å². The number of carbonyl (C=O) groups excluding carboxylic acids is 2. The highest BCUT2D eigenvalue weighted by atomic mass is 32.1. The zero-order valence-electron chi connectivity index (χ0n) is 20.6. The number of thiophene rings is 1. The van der Waals surface area contributed by atoms with Crippen LogP contribution < -0.4 is 5.32 Å². The minimum absolute atomic E-state index is 0.0222. The van der Waals surface area contributed by atoms with E-state index in [0.29, 0.717) is 31.8 Å². The summed E-state index contributed by atoms with van der Waals surface area (Å²) in [5.41, 5.74) is 0.856. The fourth-order valence-electron chi connectivity index (χ4n) is 5.22. The molecule has 1 fully saturated rings. The van der Waals surface area contributed by atoms with Gasteiger partial charge < -0.3 is 19.5 Å². The van der Waals surface area contributed by atoms with Gasteiger partial charge in [-0.1, -0.05) is 32.6 Å². The lowest BCUT2D eigenvalue weighted by molar-refractivity contribution is -0.133. The van der Waals surface area contributed by atoms with E-state index in [4.69, 9.17) is 4.74 Å². The number of nitrogens with one attached hydrogen (secondary N) is 1. The molecule has 182 valence electrons. The average molecular weight is 474 g/mol. The molecule has 0 spiro atoms. The predicted molar refractivity (Wildman–Crippen MR) is 134 cm³/mol. The molecule has 1 N–H and O–H groups in total. The van der Waals surface area contributed by atoms with Crippen molar-refractivity contribution in [2.45, 2.75) is 103 Å². The van der Waals surface area contributed by atoms with Crippen LogP contribution in [0.25, 0.3) is 10.2 Å². The lowest BCUT2D eigenvalue weighted by Gasteiger charge is -2.44. The summed E-state index contributed by atoms with van der Waals surface area (Å²) in [5.74, 6) is -0.0725. The van der Waals surface area contributed by atoms with E-state index in [1.54, 1.807) is 11.3 Å². The molecule has 2 aromatic heterocycles. The van der Waals surface area contributed by atoms with Gasteiger partial charge in [-0.2, -0.15) is 0 Å². The third kappa shape index (κ3) is 4.99. The molecule has 2 aliphatic rings. The molecule has 0 unspecified atom stereocenters. The second-order valence-corrected chi connectivity index (χ2v) is 11.3. The number of hydrogen-bond donors (Lipinski definition) is 1. The Hall–Kier alpha value is -1.86. The quantitative estimate of drug-likeness (QED) is 0.427. The second kappa shape index (κ2) is 10.2. The van der Waals surface area contributed by atoms with Gasteiger partial charge in [0, 0.05) is 24.1 Å². The smallest absolute Gasteiger partial charge is 0.271 e. The Morgan fingerprint density at radius 2 is 1.97 bits per heavy atom. The van der Waals surface area contributed by atoms with Crippen LogP contribution in [0.15, 0.2) is 12.1 Å². The van der Waals surface area contributed by atoms with Crippen LogP contribution >= 0.6 is 11.3 Å². The molecule has 3 heterocycles. The van der Waals surface area contributed by atoms with Gasteiger partial charge in [0.25, 0.3) is 5.91 Å². The Bertz CT molecular complexity index is 986. The van der Waals surface area contributed by atoms with E-state index in [1.165, 1.54) is 17.7 Å². The molecule has 1 saturated carbocycles. The molecule has 6 nitrogen and oxygen atoms in total. The van der Waals surface area contributed by atoms with Crippen LogP contribution in [0.2, 0.25) is 0 Å². The molecular weight excluding hydrogens is 434 g/mol. The summed E-state index contributed by atoms with van der Waals surface area (Å²) in [6, 6.07) is 4.41. The highest BCUT2D eigenvalue weighted by molar-refractivity contribution is 7.19. The Kier molecular flexibility index (Phi) is 7.49. The maximum atomic E-state index is 13.8. The van der Waals surface area contributed by atoms with Crippen molar-refractivity contribution in [3.8, 4) is 0 Å². The molecule has 2 amide bonds. The molecule has 7 heteroatoms. The Morgan fingerprint density at radius 1 is 1.24 bits per heavy atom. The van der Waals surface area contributed by atoms with Crippen molar-refractivity contribution in [3.05, 3.63) is 22.7 Å².